The van der Waals surface area contributed by atoms with E-state index < -0.39 is 0 Å². The van der Waals surface area contributed by atoms with E-state index in [0.29, 0.717) is 28.6 Å². The van der Waals surface area contributed by atoms with Crippen molar-refractivity contribution in [3.05, 3.63) is 28.8 Å². The Balaban J connectivity index is 1.94. The number of halogens is 1. The summed E-state index contributed by atoms with van der Waals surface area (Å²) in [6.45, 7) is 2.02. The number of nitrogens with one attached hydrogen (secondary N) is 3. The third-order valence-electron chi connectivity index (χ3n) is 3.67. The molecule has 1 saturated heterocycles. The van der Waals surface area contributed by atoms with Crippen molar-refractivity contribution in [3.63, 3.8) is 0 Å². The summed E-state index contributed by atoms with van der Waals surface area (Å²) in [6, 6.07) is 4.83. The van der Waals surface area contributed by atoms with Crippen LogP contribution in [0, 0.1) is 5.92 Å². The van der Waals surface area contributed by atoms with Gasteiger partial charge in [-0.15, -0.1) is 0 Å². The largest absolute Gasteiger partial charge is 0.355 e. The van der Waals surface area contributed by atoms with Gasteiger partial charge in [-0.1, -0.05) is 11.6 Å². The number of carbonyl (C=O) groups excluding carboxylic acids is 2. The Labute approximate surface area is 129 Å². The van der Waals surface area contributed by atoms with Crippen LogP contribution in [0.1, 0.15) is 29.6 Å². The zero-order valence-corrected chi connectivity index (χ0v) is 12.8. The molecule has 6 heteroatoms. The van der Waals surface area contributed by atoms with Crippen molar-refractivity contribution in [2.75, 3.05) is 25.5 Å². The Morgan fingerprint density at radius 1 is 1.43 bits per heavy atom. The summed E-state index contributed by atoms with van der Waals surface area (Å²) in [5, 5.41) is 9.04. The summed E-state index contributed by atoms with van der Waals surface area (Å²) in [7, 11) is 1.56. The normalized spacial score (nSPS) is 17.5. The molecule has 0 bridgehead atoms. The number of hydrogen-bond donors (Lipinski definition) is 3. The van der Waals surface area contributed by atoms with Gasteiger partial charge in [-0.3, -0.25) is 9.59 Å². The van der Waals surface area contributed by atoms with Gasteiger partial charge >= 0.3 is 0 Å². The number of anilines is 1. The maximum Gasteiger partial charge on any atom is 0.251 e. The van der Waals surface area contributed by atoms with E-state index in [-0.39, 0.29) is 11.8 Å². The smallest absolute Gasteiger partial charge is 0.251 e. The van der Waals surface area contributed by atoms with Crippen molar-refractivity contribution in [1.82, 2.24) is 10.6 Å². The molecule has 1 aromatic carbocycles. The lowest BCUT2D eigenvalue weighted by Crippen LogP contribution is -2.19. The molecule has 114 valence electrons. The maximum absolute atomic E-state index is 12.0. The van der Waals surface area contributed by atoms with Crippen LogP contribution < -0.4 is 16.0 Å². The van der Waals surface area contributed by atoms with E-state index in [0.717, 1.165) is 25.9 Å². The minimum atomic E-state index is -0.209. The molecule has 1 aliphatic rings. The molecule has 1 fully saturated rings. The first-order chi connectivity index (χ1) is 10.1. The Morgan fingerprint density at radius 3 is 2.90 bits per heavy atom. The van der Waals surface area contributed by atoms with Gasteiger partial charge in [-0.25, -0.2) is 0 Å². The van der Waals surface area contributed by atoms with Crippen molar-refractivity contribution in [2.45, 2.75) is 19.3 Å². The highest BCUT2D eigenvalue weighted by Crippen LogP contribution is 2.24. The molecule has 2 rings (SSSR count). The Hall–Kier alpha value is -1.59. The number of benzene rings is 1. The summed E-state index contributed by atoms with van der Waals surface area (Å²) < 4.78 is 0. The fraction of sp³-hybridized carbons (Fsp3) is 0.467. The highest BCUT2D eigenvalue weighted by atomic mass is 35.5. The molecule has 0 aromatic heterocycles. The first-order valence-electron chi connectivity index (χ1n) is 7.12. The zero-order valence-electron chi connectivity index (χ0n) is 12.0. The van der Waals surface area contributed by atoms with Gasteiger partial charge in [-0.05, 0) is 50.0 Å². The van der Waals surface area contributed by atoms with E-state index in [1.54, 1.807) is 25.2 Å². The molecule has 0 radical (unpaired) electrons. The molecule has 5 nitrogen and oxygen atoms in total. The third kappa shape index (κ3) is 4.44. The SMILES string of the molecule is CNC(=O)c1ccc(Cl)c(NC(=O)CCC2CCNC2)c1. The van der Waals surface area contributed by atoms with Crippen molar-refractivity contribution in [1.29, 1.82) is 0 Å². The van der Waals surface area contributed by atoms with Gasteiger partial charge in [0.1, 0.15) is 0 Å². The average molecular weight is 310 g/mol. The third-order valence-corrected chi connectivity index (χ3v) is 4.00. The highest BCUT2D eigenvalue weighted by Gasteiger charge is 2.16. The maximum atomic E-state index is 12.0. The van der Waals surface area contributed by atoms with Gasteiger partial charge in [0.25, 0.3) is 5.91 Å². The standard InChI is InChI=1S/C15H20ClN3O2/c1-17-15(21)11-3-4-12(16)13(8-11)19-14(20)5-2-10-6-7-18-9-10/h3-4,8,10,18H,2,5-7,9H2,1H3,(H,17,21)(H,19,20). The second kappa shape index (κ2) is 7.43. The van der Waals surface area contributed by atoms with E-state index >= 15 is 0 Å². The van der Waals surface area contributed by atoms with Gasteiger partial charge in [0, 0.05) is 19.0 Å². The molecule has 0 spiro atoms. The lowest BCUT2D eigenvalue weighted by atomic mass is 10.0. The Kier molecular flexibility index (Phi) is 5.59. The molecule has 2 amide bonds. The lowest BCUT2D eigenvalue weighted by molar-refractivity contribution is -0.116. The van der Waals surface area contributed by atoms with Crippen molar-refractivity contribution >= 4 is 29.1 Å². The molecule has 21 heavy (non-hydrogen) atoms. The summed E-state index contributed by atoms with van der Waals surface area (Å²) in [5.41, 5.74) is 0.949. The van der Waals surface area contributed by atoms with Crippen LogP contribution in [0.15, 0.2) is 18.2 Å². The second-order valence-corrected chi connectivity index (χ2v) is 5.63. The van der Waals surface area contributed by atoms with E-state index in [1.807, 2.05) is 0 Å². The van der Waals surface area contributed by atoms with Crippen LogP contribution in [-0.2, 0) is 4.79 Å². The molecule has 1 atom stereocenters. The number of carbonyl (C=O) groups is 2. The number of hydrogen-bond acceptors (Lipinski definition) is 3. The lowest BCUT2D eigenvalue weighted by Gasteiger charge is -2.11. The monoisotopic (exact) mass is 309 g/mol. The molecular formula is C15H20ClN3O2. The minimum absolute atomic E-state index is 0.0714. The molecule has 1 heterocycles. The summed E-state index contributed by atoms with van der Waals surface area (Å²) >= 11 is 6.06. The average Bonchev–Trinajstić information content (AvgIpc) is 3.00. The second-order valence-electron chi connectivity index (χ2n) is 5.22. The van der Waals surface area contributed by atoms with Crippen LogP contribution in [0.25, 0.3) is 0 Å². The van der Waals surface area contributed by atoms with Gasteiger partial charge < -0.3 is 16.0 Å². The zero-order chi connectivity index (χ0) is 15.2. The fourth-order valence-corrected chi connectivity index (χ4v) is 2.58. The van der Waals surface area contributed by atoms with Crippen LogP contribution >= 0.6 is 11.6 Å². The van der Waals surface area contributed by atoms with Crippen LogP contribution in [0.2, 0.25) is 5.02 Å². The minimum Gasteiger partial charge on any atom is -0.355 e. The highest BCUT2D eigenvalue weighted by molar-refractivity contribution is 6.33. The molecular weight excluding hydrogens is 290 g/mol. The topological polar surface area (TPSA) is 70.2 Å². The Morgan fingerprint density at radius 2 is 2.24 bits per heavy atom. The molecule has 3 N–H and O–H groups in total. The number of rotatable bonds is 5. The predicted octanol–water partition coefficient (Wildman–Crippen LogP) is 2.03. The van der Waals surface area contributed by atoms with Crippen molar-refractivity contribution < 1.29 is 9.59 Å². The van der Waals surface area contributed by atoms with Gasteiger partial charge in [-0.2, -0.15) is 0 Å². The van der Waals surface area contributed by atoms with E-state index in [9.17, 15) is 9.59 Å². The predicted molar refractivity (Wildman–Crippen MR) is 83.7 cm³/mol. The van der Waals surface area contributed by atoms with E-state index in [4.69, 9.17) is 11.6 Å². The molecule has 1 unspecified atom stereocenters. The van der Waals surface area contributed by atoms with Crippen molar-refractivity contribution in [3.8, 4) is 0 Å². The van der Waals surface area contributed by atoms with Crippen molar-refractivity contribution in [2.24, 2.45) is 5.92 Å². The van der Waals surface area contributed by atoms with Gasteiger partial charge in [0.05, 0.1) is 10.7 Å². The van der Waals surface area contributed by atoms with Gasteiger partial charge in [0.15, 0.2) is 0 Å². The van der Waals surface area contributed by atoms with Crippen LogP contribution in [0.5, 0.6) is 0 Å². The quantitative estimate of drug-likeness (QED) is 0.779. The van der Waals surface area contributed by atoms with Gasteiger partial charge in [0.2, 0.25) is 5.91 Å². The summed E-state index contributed by atoms with van der Waals surface area (Å²) in [5.74, 6) is 0.292. The first kappa shape index (κ1) is 15.8. The van der Waals surface area contributed by atoms with E-state index in [2.05, 4.69) is 16.0 Å². The summed E-state index contributed by atoms with van der Waals surface area (Å²) in [6.07, 6.45) is 2.46. The van der Waals surface area contributed by atoms with E-state index in [1.165, 1.54) is 0 Å². The molecule has 0 aliphatic carbocycles. The summed E-state index contributed by atoms with van der Waals surface area (Å²) in [4.78, 5) is 23.6. The van der Waals surface area contributed by atoms with Crippen LogP contribution in [-0.4, -0.2) is 32.0 Å². The molecule has 0 saturated carbocycles. The Bertz CT molecular complexity index is 528. The van der Waals surface area contributed by atoms with Crippen LogP contribution in [0.4, 0.5) is 5.69 Å². The fourth-order valence-electron chi connectivity index (χ4n) is 2.42. The molecule has 1 aliphatic heterocycles. The van der Waals surface area contributed by atoms with Crippen LogP contribution in [0.3, 0.4) is 0 Å². The number of amides is 2. The molecule has 1 aromatic rings. The first-order valence-corrected chi connectivity index (χ1v) is 7.50.